The number of rotatable bonds is 6. The summed E-state index contributed by atoms with van der Waals surface area (Å²) in [6, 6.07) is 7.03. The maximum Gasteiger partial charge on any atom is 0.260 e. The number of nitrogens with one attached hydrogen (secondary N) is 1. The van der Waals surface area contributed by atoms with Gasteiger partial charge >= 0.3 is 0 Å². The van der Waals surface area contributed by atoms with Crippen LogP contribution in [0.25, 0.3) is 0 Å². The highest BCUT2D eigenvalue weighted by Crippen LogP contribution is 2.18. The molecule has 0 bridgehead atoms. The first kappa shape index (κ1) is 13.8. The normalized spacial score (nSPS) is 11.9. The van der Waals surface area contributed by atoms with E-state index in [0.29, 0.717) is 17.3 Å². The first-order chi connectivity index (χ1) is 8.13. The zero-order chi connectivity index (χ0) is 12.7. The van der Waals surface area contributed by atoms with Gasteiger partial charge in [-0.2, -0.15) is 0 Å². The molecule has 1 atom stereocenters. The van der Waals surface area contributed by atoms with Crippen LogP contribution in [0, 0.1) is 0 Å². The zero-order valence-electron chi connectivity index (χ0n) is 10.2. The Balaban J connectivity index is 2.43. The van der Waals surface area contributed by atoms with E-state index in [1.807, 2.05) is 0 Å². The van der Waals surface area contributed by atoms with E-state index < -0.39 is 6.10 Å². The molecule has 4 heteroatoms. The van der Waals surface area contributed by atoms with Gasteiger partial charge in [-0.25, -0.2) is 0 Å². The number of carbonyl (C=O) groups is 1. The lowest BCUT2D eigenvalue weighted by Crippen LogP contribution is -2.36. The number of benzene rings is 1. The molecule has 1 N–H and O–H groups in total. The first-order valence-electron chi connectivity index (χ1n) is 5.83. The molecule has 3 nitrogen and oxygen atoms in total. The van der Waals surface area contributed by atoms with Crippen LogP contribution in [0.2, 0.25) is 5.02 Å². The molecule has 0 aromatic heterocycles. The Morgan fingerprint density at radius 3 is 2.94 bits per heavy atom. The SMILES string of the molecule is CCCCNC(=O)[C@@H](C)Oc1cccc(Cl)c1. The fourth-order valence-electron chi connectivity index (χ4n) is 1.33. The molecule has 0 aliphatic heterocycles. The number of amides is 1. The molecular weight excluding hydrogens is 238 g/mol. The van der Waals surface area contributed by atoms with E-state index in [0.717, 1.165) is 12.8 Å². The number of carbonyl (C=O) groups excluding carboxylic acids is 1. The van der Waals surface area contributed by atoms with E-state index in [-0.39, 0.29) is 5.91 Å². The van der Waals surface area contributed by atoms with Gasteiger partial charge in [-0.15, -0.1) is 0 Å². The Morgan fingerprint density at radius 1 is 1.53 bits per heavy atom. The Bertz CT molecular complexity index is 368. The molecule has 0 radical (unpaired) electrons. The summed E-state index contributed by atoms with van der Waals surface area (Å²) in [7, 11) is 0. The Labute approximate surface area is 107 Å². The van der Waals surface area contributed by atoms with Crippen molar-refractivity contribution in [2.75, 3.05) is 6.54 Å². The van der Waals surface area contributed by atoms with Gasteiger partial charge in [0.05, 0.1) is 0 Å². The van der Waals surface area contributed by atoms with E-state index in [9.17, 15) is 4.79 Å². The molecule has 0 saturated heterocycles. The van der Waals surface area contributed by atoms with Gasteiger partial charge in [0.25, 0.3) is 5.91 Å². The average Bonchev–Trinajstić information content (AvgIpc) is 2.29. The molecule has 17 heavy (non-hydrogen) atoms. The Morgan fingerprint density at radius 2 is 2.29 bits per heavy atom. The Kier molecular flexibility index (Phi) is 5.84. The molecule has 1 aromatic carbocycles. The van der Waals surface area contributed by atoms with Crippen LogP contribution in [0.4, 0.5) is 0 Å². The molecule has 0 aliphatic rings. The lowest BCUT2D eigenvalue weighted by atomic mass is 10.3. The van der Waals surface area contributed by atoms with Crippen LogP contribution in [-0.2, 0) is 4.79 Å². The van der Waals surface area contributed by atoms with Crippen molar-refractivity contribution in [3.05, 3.63) is 29.3 Å². The standard InChI is InChI=1S/C13H18ClNO2/c1-3-4-8-15-13(16)10(2)17-12-7-5-6-11(14)9-12/h5-7,9-10H,3-4,8H2,1-2H3,(H,15,16)/t10-/m1/s1. The zero-order valence-corrected chi connectivity index (χ0v) is 11.0. The van der Waals surface area contributed by atoms with Crippen LogP contribution in [0.1, 0.15) is 26.7 Å². The van der Waals surface area contributed by atoms with Crippen LogP contribution < -0.4 is 10.1 Å². The van der Waals surface area contributed by atoms with Crippen LogP contribution >= 0.6 is 11.6 Å². The minimum atomic E-state index is -0.509. The summed E-state index contributed by atoms with van der Waals surface area (Å²) < 4.78 is 5.49. The summed E-state index contributed by atoms with van der Waals surface area (Å²) in [6.07, 6.45) is 1.53. The molecule has 1 rings (SSSR count). The molecule has 0 unspecified atom stereocenters. The van der Waals surface area contributed by atoms with Crippen LogP contribution in [0.15, 0.2) is 24.3 Å². The third kappa shape index (κ3) is 5.09. The van der Waals surface area contributed by atoms with Gasteiger partial charge < -0.3 is 10.1 Å². The van der Waals surface area contributed by atoms with Crippen molar-refractivity contribution >= 4 is 17.5 Å². The van der Waals surface area contributed by atoms with Crippen molar-refractivity contribution in [1.82, 2.24) is 5.32 Å². The maximum absolute atomic E-state index is 11.6. The molecular formula is C13H18ClNO2. The summed E-state index contributed by atoms with van der Waals surface area (Å²) in [5.74, 6) is 0.508. The molecule has 1 aromatic rings. The predicted octanol–water partition coefficient (Wildman–Crippen LogP) is 3.02. The van der Waals surface area contributed by atoms with E-state index in [2.05, 4.69) is 12.2 Å². The highest BCUT2D eigenvalue weighted by Gasteiger charge is 2.13. The Hall–Kier alpha value is -1.22. The fraction of sp³-hybridized carbons (Fsp3) is 0.462. The van der Waals surface area contributed by atoms with Gasteiger partial charge in [0.2, 0.25) is 0 Å². The van der Waals surface area contributed by atoms with Gasteiger partial charge in [-0.1, -0.05) is 31.0 Å². The molecule has 0 aliphatic carbocycles. The van der Waals surface area contributed by atoms with Crippen molar-refractivity contribution in [2.45, 2.75) is 32.8 Å². The van der Waals surface area contributed by atoms with Crippen LogP contribution in [0.3, 0.4) is 0 Å². The average molecular weight is 256 g/mol. The van der Waals surface area contributed by atoms with Crippen LogP contribution in [0.5, 0.6) is 5.75 Å². The predicted molar refractivity (Wildman–Crippen MR) is 69.5 cm³/mol. The second-order valence-corrected chi connectivity index (χ2v) is 4.30. The largest absolute Gasteiger partial charge is 0.481 e. The first-order valence-corrected chi connectivity index (χ1v) is 6.21. The topological polar surface area (TPSA) is 38.3 Å². The summed E-state index contributed by atoms with van der Waals surface area (Å²) in [5, 5.41) is 3.42. The summed E-state index contributed by atoms with van der Waals surface area (Å²) in [4.78, 5) is 11.6. The van der Waals surface area contributed by atoms with Gasteiger partial charge in [0.15, 0.2) is 6.10 Å². The van der Waals surface area contributed by atoms with E-state index in [4.69, 9.17) is 16.3 Å². The minimum Gasteiger partial charge on any atom is -0.481 e. The second-order valence-electron chi connectivity index (χ2n) is 3.86. The highest BCUT2D eigenvalue weighted by atomic mass is 35.5. The minimum absolute atomic E-state index is 0.0987. The lowest BCUT2D eigenvalue weighted by Gasteiger charge is -2.14. The van der Waals surface area contributed by atoms with E-state index >= 15 is 0 Å². The number of unbranched alkanes of at least 4 members (excludes halogenated alkanes) is 1. The van der Waals surface area contributed by atoms with Crippen molar-refractivity contribution in [1.29, 1.82) is 0 Å². The highest BCUT2D eigenvalue weighted by molar-refractivity contribution is 6.30. The molecule has 1 amide bonds. The molecule has 0 spiro atoms. The summed E-state index contributed by atoms with van der Waals surface area (Å²) >= 11 is 5.83. The lowest BCUT2D eigenvalue weighted by molar-refractivity contribution is -0.127. The van der Waals surface area contributed by atoms with Gasteiger partial charge in [-0.3, -0.25) is 4.79 Å². The third-order valence-corrected chi connectivity index (χ3v) is 2.54. The molecule has 0 heterocycles. The van der Waals surface area contributed by atoms with Crippen molar-refractivity contribution in [3.63, 3.8) is 0 Å². The third-order valence-electron chi connectivity index (χ3n) is 2.31. The molecule has 0 saturated carbocycles. The van der Waals surface area contributed by atoms with E-state index in [1.54, 1.807) is 31.2 Å². The van der Waals surface area contributed by atoms with Gasteiger partial charge in [0, 0.05) is 11.6 Å². The number of hydrogen-bond donors (Lipinski definition) is 1. The number of halogens is 1. The molecule has 0 fully saturated rings. The fourth-order valence-corrected chi connectivity index (χ4v) is 1.51. The summed E-state index contributed by atoms with van der Waals surface area (Å²) in [5.41, 5.74) is 0. The van der Waals surface area contributed by atoms with Crippen LogP contribution in [-0.4, -0.2) is 18.6 Å². The van der Waals surface area contributed by atoms with Crippen molar-refractivity contribution in [2.24, 2.45) is 0 Å². The van der Waals surface area contributed by atoms with E-state index in [1.165, 1.54) is 0 Å². The van der Waals surface area contributed by atoms with Crippen molar-refractivity contribution in [3.8, 4) is 5.75 Å². The number of hydrogen-bond acceptors (Lipinski definition) is 2. The molecule has 94 valence electrons. The summed E-state index contributed by atoms with van der Waals surface area (Å²) in [6.45, 7) is 4.50. The number of ether oxygens (including phenoxy) is 1. The second kappa shape index (κ2) is 7.17. The van der Waals surface area contributed by atoms with Gasteiger partial charge in [0.1, 0.15) is 5.75 Å². The van der Waals surface area contributed by atoms with Crippen molar-refractivity contribution < 1.29 is 9.53 Å². The smallest absolute Gasteiger partial charge is 0.260 e. The maximum atomic E-state index is 11.6. The van der Waals surface area contributed by atoms with Gasteiger partial charge in [-0.05, 0) is 31.5 Å². The quantitative estimate of drug-likeness (QED) is 0.794. The monoisotopic (exact) mass is 255 g/mol.